The average molecular weight is 294 g/mol. The number of aliphatic carboxylic acids is 1. The number of carbonyl (C=O) groups excluding carboxylic acids is 1. The number of rotatable bonds is 5. The van der Waals surface area contributed by atoms with E-state index in [0.717, 1.165) is 24.8 Å². The van der Waals surface area contributed by atoms with Crippen LogP contribution in [0, 0.1) is 5.92 Å². The molecule has 7 heteroatoms. The Labute approximate surface area is 123 Å². The highest BCUT2D eigenvalue weighted by molar-refractivity contribution is 5.74. The molecule has 1 unspecified atom stereocenters. The van der Waals surface area contributed by atoms with Gasteiger partial charge in [0.15, 0.2) is 0 Å². The number of likely N-dealkylation sites (tertiary alicyclic amines) is 1. The first kappa shape index (κ1) is 15.3. The second-order valence-corrected chi connectivity index (χ2v) is 5.56. The normalized spacial score (nSPS) is 18.5. The lowest BCUT2D eigenvalue weighted by atomic mass is 9.95. The molecule has 0 aliphatic carbocycles. The van der Waals surface area contributed by atoms with Gasteiger partial charge in [-0.25, -0.2) is 4.79 Å². The third-order valence-electron chi connectivity index (χ3n) is 3.72. The minimum absolute atomic E-state index is 0.0697. The number of hydrogen-bond donors (Lipinski definition) is 2. The zero-order valence-corrected chi connectivity index (χ0v) is 12.3. The standard InChI is InChI=1S/C14H22N4O3/c1-17-9-12(8-16-17)4-5-15-14(21)18-6-2-3-11(10-18)7-13(19)20/h8-9,11H,2-7,10H2,1H3,(H,15,21)(H,19,20). The maximum absolute atomic E-state index is 12.1. The molecule has 1 aliphatic rings. The third kappa shape index (κ3) is 4.77. The molecular formula is C14H22N4O3. The van der Waals surface area contributed by atoms with Crippen molar-refractivity contribution in [2.75, 3.05) is 19.6 Å². The predicted molar refractivity (Wildman–Crippen MR) is 76.9 cm³/mol. The lowest BCUT2D eigenvalue weighted by Crippen LogP contribution is -2.46. The molecule has 116 valence electrons. The fraction of sp³-hybridized carbons (Fsp3) is 0.643. The van der Waals surface area contributed by atoms with Crippen LogP contribution >= 0.6 is 0 Å². The summed E-state index contributed by atoms with van der Waals surface area (Å²) in [6.07, 6.45) is 6.34. The van der Waals surface area contributed by atoms with Gasteiger partial charge in [-0.05, 0) is 30.7 Å². The van der Waals surface area contributed by atoms with Crippen molar-refractivity contribution in [2.45, 2.75) is 25.7 Å². The first-order valence-corrected chi connectivity index (χ1v) is 7.26. The van der Waals surface area contributed by atoms with Crippen molar-refractivity contribution >= 4 is 12.0 Å². The van der Waals surface area contributed by atoms with E-state index in [1.165, 1.54) is 0 Å². The minimum Gasteiger partial charge on any atom is -0.481 e. The zero-order valence-electron chi connectivity index (χ0n) is 12.3. The lowest BCUT2D eigenvalue weighted by Gasteiger charge is -2.32. The molecule has 7 nitrogen and oxygen atoms in total. The largest absolute Gasteiger partial charge is 0.481 e. The van der Waals surface area contributed by atoms with Crippen molar-refractivity contribution in [1.29, 1.82) is 0 Å². The Bertz CT molecular complexity index is 500. The molecule has 0 radical (unpaired) electrons. The Morgan fingerprint density at radius 2 is 2.33 bits per heavy atom. The first-order chi connectivity index (χ1) is 10.0. The summed E-state index contributed by atoms with van der Waals surface area (Å²) in [5, 5.41) is 15.8. The Kier molecular flexibility index (Phi) is 5.19. The van der Waals surface area contributed by atoms with Crippen LogP contribution in [0.15, 0.2) is 12.4 Å². The molecule has 1 saturated heterocycles. The predicted octanol–water partition coefficient (Wildman–Crippen LogP) is 0.859. The molecular weight excluding hydrogens is 272 g/mol. The van der Waals surface area contributed by atoms with Gasteiger partial charge >= 0.3 is 12.0 Å². The monoisotopic (exact) mass is 294 g/mol. The van der Waals surface area contributed by atoms with E-state index in [1.807, 2.05) is 13.2 Å². The fourth-order valence-corrected chi connectivity index (χ4v) is 2.69. The molecule has 2 rings (SSSR count). The van der Waals surface area contributed by atoms with E-state index in [1.54, 1.807) is 15.8 Å². The van der Waals surface area contributed by atoms with Crippen LogP contribution in [0.25, 0.3) is 0 Å². The second kappa shape index (κ2) is 7.10. The van der Waals surface area contributed by atoms with Crippen molar-refractivity contribution in [3.8, 4) is 0 Å². The van der Waals surface area contributed by atoms with E-state index in [0.29, 0.717) is 19.6 Å². The number of aryl methyl sites for hydroxylation is 1. The van der Waals surface area contributed by atoms with Gasteiger partial charge in [0.25, 0.3) is 0 Å². The molecule has 2 amide bonds. The molecule has 2 N–H and O–H groups in total. The van der Waals surface area contributed by atoms with Crippen molar-refractivity contribution in [1.82, 2.24) is 20.0 Å². The second-order valence-electron chi connectivity index (χ2n) is 5.56. The van der Waals surface area contributed by atoms with Crippen LogP contribution < -0.4 is 5.32 Å². The maximum Gasteiger partial charge on any atom is 0.317 e. The van der Waals surface area contributed by atoms with E-state index in [-0.39, 0.29) is 18.4 Å². The van der Waals surface area contributed by atoms with Crippen molar-refractivity contribution in [3.05, 3.63) is 18.0 Å². The van der Waals surface area contributed by atoms with Gasteiger partial charge in [0, 0.05) is 39.3 Å². The number of carboxylic acid groups (broad SMARTS) is 1. The van der Waals surface area contributed by atoms with Crippen LogP contribution in [0.2, 0.25) is 0 Å². The Morgan fingerprint density at radius 3 is 3.00 bits per heavy atom. The molecule has 1 fully saturated rings. The topological polar surface area (TPSA) is 87.5 Å². The van der Waals surface area contributed by atoms with Gasteiger partial charge in [-0.2, -0.15) is 5.10 Å². The van der Waals surface area contributed by atoms with Crippen molar-refractivity contribution < 1.29 is 14.7 Å². The van der Waals surface area contributed by atoms with Gasteiger partial charge in [-0.1, -0.05) is 0 Å². The molecule has 2 heterocycles. The third-order valence-corrected chi connectivity index (χ3v) is 3.72. The van der Waals surface area contributed by atoms with Crippen molar-refractivity contribution in [3.63, 3.8) is 0 Å². The minimum atomic E-state index is -0.793. The Morgan fingerprint density at radius 1 is 1.52 bits per heavy atom. The highest BCUT2D eigenvalue weighted by Gasteiger charge is 2.24. The molecule has 0 spiro atoms. The van der Waals surface area contributed by atoms with Gasteiger partial charge < -0.3 is 15.3 Å². The summed E-state index contributed by atoms with van der Waals surface area (Å²) in [6, 6.07) is -0.103. The van der Waals surface area contributed by atoms with Crippen molar-refractivity contribution in [2.24, 2.45) is 13.0 Å². The van der Waals surface area contributed by atoms with Gasteiger partial charge in [-0.15, -0.1) is 0 Å². The fourth-order valence-electron chi connectivity index (χ4n) is 2.69. The average Bonchev–Trinajstić information content (AvgIpc) is 2.84. The van der Waals surface area contributed by atoms with Crippen LogP contribution in [-0.4, -0.2) is 51.4 Å². The van der Waals surface area contributed by atoms with Crippen LogP contribution in [0.3, 0.4) is 0 Å². The highest BCUT2D eigenvalue weighted by atomic mass is 16.4. The molecule has 0 aromatic carbocycles. The summed E-state index contributed by atoms with van der Waals surface area (Å²) in [6.45, 7) is 1.80. The quantitative estimate of drug-likeness (QED) is 0.843. The summed E-state index contributed by atoms with van der Waals surface area (Å²) in [5.74, 6) is -0.723. The number of nitrogens with one attached hydrogen (secondary N) is 1. The number of hydrogen-bond acceptors (Lipinski definition) is 3. The molecule has 1 atom stereocenters. The maximum atomic E-state index is 12.1. The van der Waals surface area contributed by atoms with E-state index in [4.69, 9.17) is 5.11 Å². The molecule has 1 aromatic heterocycles. The Balaban J connectivity index is 1.73. The van der Waals surface area contributed by atoms with Crippen LogP contribution in [0.4, 0.5) is 4.79 Å². The van der Waals surface area contributed by atoms with Gasteiger partial charge in [0.05, 0.1) is 6.20 Å². The van der Waals surface area contributed by atoms with E-state index < -0.39 is 5.97 Å². The van der Waals surface area contributed by atoms with E-state index in [2.05, 4.69) is 10.4 Å². The summed E-state index contributed by atoms with van der Waals surface area (Å²) in [4.78, 5) is 24.5. The van der Waals surface area contributed by atoms with Crippen LogP contribution in [0.1, 0.15) is 24.8 Å². The van der Waals surface area contributed by atoms with Gasteiger partial charge in [0.2, 0.25) is 0 Å². The number of piperidine rings is 1. The number of amides is 2. The lowest BCUT2D eigenvalue weighted by molar-refractivity contribution is -0.138. The molecule has 0 saturated carbocycles. The number of carbonyl (C=O) groups is 2. The summed E-state index contributed by atoms with van der Waals surface area (Å²) >= 11 is 0. The summed E-state index contributed by atoms with van der Waals surface area (Å²) in [5.41, 5.74) is 1.08. The van der Waals surface area contributed by atoms with E-state index >= 15 is 0 Å². The van der Waals surface area contributed by atoms with Crippen LogP contribution in [-0.2, 0) is 18.3 Å². The summed E-state index contributed by atoms with van der Waals surface area (Å²) < 4.78 is 1.73. The van der Waals surface area contributed by atoms with Gasteiger partial charge in [0.1, 0.15) is 0 Å². The smallest absolute Gasteiger partial charge is 0.317 e. The summed E-state index contributed by atoms with van der Waals surface area (Å²) in [7, 11) is 1.86. The van der Waals surface area contributed by atoms with Gasteiger partial charge in [-0.3, -0.25) is 9.48 Å². The molecule has 0 bridgehead atoms. The zero-order chi connectivity index (χ0) is 15.2. The Hall–Kier alpha value is -2.05. The molecule has 1 aliphatic heterocycles. The molecule has 1 aromatic rings. The number of aromatic nitrogens is 2. The van der Waals surface area contributed by atoms with E-state index in [9.17, 15) is 9.59 Å². The number of urea groups is 1. The highest BCUT2D eigenvalue weighted by Crippen LogP contribution is 2.19. The van der Waals surface area contributed by atoms with Crippen LogP contribution in [0.5, 0.6) is 0 Å². The first-order valence-electron chi connectivity index (χ1n) is 7.26. The number of nitrogens with zero attached hydrogens (tertiary/aromatic N) is 3. The SMILES string of the molecule is Cn1cc(CCNC(=O)N2CCCC(CC(=O)O)C2)cn1. The molecule has 21 heavy (non-hydrogen) atoms. The number of carboxylic acids is 1.